The summed E-state index contributed by atoms with van der Waals surface area (Å²) in [5.74, 6) is -0.436. The Morgan fingerprint density at radius 3 is 2.88 bits per heavy atom. The maximum Gasteiger partial charge on any atom is 0.411 e. The highest BCUT2D eigenvalue weighted by Crippen LogP contribution is 2.40. The van der Waals surface area contributed by atoms with Gasteiger partial charge in [-0.05, 0) is 12.0 Å². The monoisotopic (exact) mass is 335 g/mol. The van der Waals surface area contributed by atoms with Crippen molar-refractivity contribution in [2.45, 2.75) is 18.6 Å². The van der Waals surface area contributed by atoms with Crippen molar-refractivity contribution in [1.82, 2.24) is 19.5 Å². The van der Waals surface area contributed by atoms with Crippen LogP contribution in [0.5, 0.6) is 5.88 Å². The molecule has 1 aliphatic carbocycles. The number of methoxy groups -OCH3 is 1. The molecule has 0 unspecified atom stereocenters. The smallest absolute Gasteiger partial charge is 0.411 e. The van der Waals surface area contributed by atoms with Crippen LogP contribution in [0.3, 0.4) is 0 Å². The summed E-state index contributed by atoms with van der Waals surface area (Å²) in [6.45, 7) is 3.76. The first kappa shape index (κ1) is 16.1. The molecule has 0 bridgehead atoms. The van der Waals surface area contributed by atoms with E-state index in [-0.39, 0.29) is 24.5 Å². The Bertz CT molecular complexity index is 804. The number of aliphatic hydroxyl groups excluding tert-OH is 2. The topological polar surface area (TPSA) is 143 Å². The molecule has 1 aliphatic rings. The van der Waals surface area contributed by atoms with Gasteiger partial charge in [-0.15, -0.1) is 0 Å². The van der Waals surface area contributed by atoms with Crippen LogP contribution < -0.4 is 10.1 Å². The number of aromatic nitrogens is 4. The molecule has 4 N–H and O–H groups in total. The lowest BCUT2D eigenvalue weighted by molar-refractivity contribution is 0.101. The highest BCUT2D eigenvalue weighted by molar-refractivity contribution is 5.84. The number of nitrogens with zero attached hydrogens (tertiary/aromatic N) is 4. The number of amides is 1. The van der Waals surface area contributed by atoms with E-state index in [2.05, 4.69) is 26.8 Å². The van der Waals surface area contributed by atoms with Crippen LogP contribution in [-0.2, 0) is 0 Å². The van der Waals surface area contributed by atoms with Gasteiger partial charge in [0.05, 0.1) is 32.2 Å². The Kier molecular flexibility index (Phi) is 4.08. The van der Waals surface area contributed by atoms with Gasteiger partial charge in [0.25, 0.3) is 0 Å². The molecule has 0 saturated heterocycles. The minimum absolute atomic E-state index is 0.130. The third-order valence-corrected chi connectivity index (χ3v) is 4.17. The predicted molar refractivity (Wildman–Crippen MR) is 82.9 cm³/mol. The van der Waals surface area contributed by atoms with E-state index in [0.717, 1.165) is 0 Å². The number of hydrogen-bond donors (Lipinski definition) is 4. The van der Waals surface area contributed by atoms with Crippen LogP contribution in [0.4, 0.5) is 10.7 Å². The fourth-order valence-corrected chi connectivity index (χ4v) is 2.98. The van der Waals surface area contributed by atoms with Gasteiger partial charge in [-0.3, -0.25) is 5.32 Å². The largest absolute Gasteiger partial charge is 0.479 e. The van der Waals surface area contributed by atoms with Crippen LogP contribution in [0.2, 0.25) is 0 Å². The van der Waals surface area contributed by atoms with Crippen LogP contribution in [0.25, 0.3) is 11.2 Å². The van der Waals surface area contributed by atoms with Crippen molar-refractivity contribution in [2.75, 3.05) is 19.0 Å². The molecule has 128 valence electrons. The molecule has 1 amide bonds. The van der Waals surface area contributed by atoms with Gasteiger partial charge in [0, 0.05) is 5.92 Å². The van der Waals surface area contributed by atoms with Crippen LogP contribution in [-0.4, -0.2) is 60.8 Å². The van der Waals surface area contributed by atoms with Gasteiger partial charge in [0.2, 0.25) is 11.8 Å². The zero-order valence-corrected chi connectivity index (χ0v) is 12.9. The van der Waals surface area contributed by atoms with Crippen molar-refractivity contribution in [3.8, 4) is 5.88 Å². The number of rotatable bonds is 4. The molecule has 2 aromatic heterocycles. The molecule has 0 aromatic carbocycles. The second kappa shape index (κ2) is 6.06. The summed E-state index contributed by atoms with van der Waals surface area (Å²) in [6.07, 6.45) is -0.160. The summed E-state index contributed by atoms with van der Waals surface area (Å²) < 4.78 is 6.82. The number of hydrogen-bond acceptors (Lipinski definition) is 7. The van der Waals surface area contributed by atoms with E-state index < -0.39 is 18.1 Å². The lowest BCUT2D eigenvalue weighted by Crippen LogP contribution is -2.17. The zero-order valence-electron chi connectivity index (χ0n) is 12.9. The summed E-state index contributed by atoms with van der Waals surface area (Å²) in [6, 6.07) is -0.320. The second-order valence-corrected chi connectivity index (χ2v) is 5.49. The standard InChI is InChI=1S/C14H17N5O5/c1-6-7(4-20)9(21)3-8(6)19-5-15-10-11(19)16-13(18-14(22)23)17-12(10)24-2/h5,7-9,20-21H,1,3-4H2,2H3,(H,22,23)(H,16,17,18)/t7-,8-,9-/m0/s1. The summed E-state index contributed by atoms with van der Waals surface area (Å²) in [4.78, 5) is 23.2. The van der Waals surface area contributed by atoms with Crippen molar-refractivity contribution in [3.05, 3.63) is 18.5 Å². The van der Waals surface area contributed by atoms with Crippen molar-refractivity contribution >= 4 is 23.2 Å². The molecule has 10 nitrogen and oxygen atoms in total. The Morgan fingerprint density at radius 2 is 2.29 bits per heavy atom. The number of nitrogens with one attached hydrogen (secondary N) is 1. The molecule has 2 aromatic rings. The van der Waals surface area contributed by atoms with Gasteiger partial charge < -0.3 is 24.6 Å². The fraction of sp³-hybridized carbons (Fsp3) is 0.429. The first-order valence-corrected chi connectivity index (χ1v) is 7.22. The molecule has 10 heteroatoms. The molecule has 3 rings (SSSR count). The molecule has 24 heavy (non-hydrogen) atoms. The fourth-order valence-electron chi connectivity index (χ4n) is 2.98. The van der Waals surface area contributed by atoms with E-state index in [4.69, 9.17) is 9.84 Å². The number of carbonyl (C=O) groups is 1. The lowest BCUT2D eigenvalue weighted by atomic mass is 10.0. The highest BCUT2D eigenvalue weighted by atomic mass is 16.5. The maximum absolute atomic E-state index is 10.8. The van der Waals surface area contributed by atoms with Crippen molar-refractivity contribution in [1.29, 1.82) is 0 Å². The molecule has 1 saturated carbocycles. The van der Waals surface area contributed by atoms with Crippen molar-refractivity contribution in [3.63, 3.8) is 0 Å². The molecule has 0 radical (unpaired) electrons. The lowest BCUT2D eigenvalue weighted by Gasteiger charge is -2.16. The first-order valence-electron chi connectivity index (χ1n) is 7.22. The first-order chi connectivity index (χ1) is 11.5. The average molecular weight is 335 g/mol. The SMILES string of the molecule is C=C1[C@H](CO)[C@@H](O)C[C@@H]1n1cnc2c(OC)nc(NC(=O)O)nc21. The minimum Gasteiger partial charge on any atom is -0.479 e. The summed E-state index contributed by atoms with van der Waals surface area (Å²) in [7, 11) is 1.39. The number of ether oxygens (including phenoxy) is 1. The van der Waals surface area contributed by atoms with Gasteiger partial charge in [-0.25, -0.2) is 9.78 Å². The molecule has 2 heterocycles. The Labute approximate surface area is 136 Å². The van der Waals surface area contributed by atoms with Crippen LogP contribution in [0, 0.1) is 5.92 Å². The van der Waals surface area contributed by atoms with Gasteiger partial charge in [-0.2, -0.15) is 9.97 Å². The van der Waals surface area contributed by atoms with Gasteiger partial charge in [-0.1, -0.05) is 6.58 Å². The van der Waals surface area contributed by atoms with Crippen molar-refractivity contribution < 1.29 is 24.9 Å². The molecule has 3 atom stereocenters. The molecular formula is C14H17N5O5. The number of imidazole rings is 1. The minimum atomic E-state index is -1.30. The normalized spacial score (nSPS) is 23.6. The summed E-state index contributed by atoms with van der Waals surface area (Å²) >= 11 is 0. The van der Waals surface area contributed by atoms with Gasteiger partial charge >= 0.3 is 6.09 Å². The van der Waals surface area contributed by atoms with E-state index in [1.54, 1.807) is 4.57 Å². The van der Waals surface area contributed by atoms with Gasteiger partial charge in [0.1, 0.15) is 0 Å². The van der Waals surface area contributed by atoms with Crippen LogP contribution in [0.1, 0.15) is 12.5 Å². The Morgan fingerprint density at radius 1 is 1.54 bits per heavy atom. The molecular weight excluding hydrogens is 318 g/mol. The second-order valence-electron chi connectivity index (χ2n) is 5.49. The van der Waals surface area contributed by atoms with E-state index in [1.807, 2.05) is 0 Å². The van der Waals surface area contributed by atoms with E-state index in [1.165, 1.54) is 13.4 Å². The maximum atomic E-state index is 10.8. The van der Waals surface area contributed by atoms with E-state index in [0.29, 0.717) is 23.2 Å². The van der Waals surface area contributed by atoms with E-state index >= 15 is 0 Å². The van der Waals surface area contributed by atoms with Crippen LogP contribution in [0.15, 0.2) is 18.5 Å². The molecule has 0 aliphatic heterocycles. The third kappa shape index (κ3) is 2.55. The van der Waals surface area contributed by atoms with Crippen LogP contribution >= 0.6 is 0 Å². The Balaban J connectivity index is 2.09. The summed E-state index contributed by atoms with van der Waals surface area (Å²) in [5, 5.41) is 30.4. The van der Waals surface area contributed by atoms with Crippen molar-refractivity contribution in [2.24, 2.45) is 5.92 Å². The number of carboxylic acid groups (broad SMARTS) is 1. The molecule has 0 spiro atoms. The number of fused-ring (bicyclic) bond motifs is 1. The highest BCUT2D eigenvalue weighted by Gasteiger charge is 2.38. The zero-order chi connectivity index (χ0) is 17.4. The van der Waals surface area contributed by atoms with E-state index in [9.17, 15) is 15.0 Å². The summed E-state index contributed by atoms with van der Waals surface area (Å²) in [5.41, 5.74) is 1.38. The van der Waals surface area contributed by atoms with Gasteiger partial charge in [0.15, 0.2) is 11.2 Å². The molecule has 1 fully saturated rings. The Hall–Kier alpha value is -2.72. The number of aliphatic hydroxyl groups is 2. The number of anilines is 1. The quantitative estimate of drug-likeness (QED) is 0.588. The average Bonchev–Trinajstić information content (AvgIpc) is 3.06. The predicted octanol–water partition coefficient (Wildman–Crippen LogP) is 0.395. The third-order valence-electron chi connectivity index (χ3n) is 4.17.